The summed E-state index contributed by atoms with van der Waals surface area (Å²) in [7, 11) is 0. The second-order valence-corrected chi connectivity index (χ2v) is 12.0. The van der Waals surface area contributed by atoms with Crippen LogP contribution in [0.25, 0.3) is 0 Å². The second-order valence-electron chi connectivity index (χ2n) is 11.2. The molecule has 2 N–H and O–H groups in total. The number of piperazine rings is 1. The molecule has 4 aromatic rings. The summed E-state index contributed by atoms with van der Waals surface area (Å²) in [4.78, 5) is 4.73. The molecule has 0 amide bonds. The van der Waals surface area contributed by atoms with Crippen molar-refractivity contribution in [3.8, 4) is 11.5 Å². The average Bonchev–Trinajstić information content (AvgIpc) is 3.12. The molecular formula is C36H40Cl2N6O4. The molecule has 1 saturated heterocycles. The molecule has 0 aliphatic carbocycles. The first-order chi connectivity index (χ1) is 23.5. The quantitative estimate of drug-likeness (QED) is 0.0894. The molecule has 0 bridgehead atoms. The van der Waals surface area contributed by atoms with Crippen LogP contribution in [-0.2, 0) is 0 Å². The number of ether oxygens (including phenoxy) is 2. The number of azo groups is 2. The van der Waals surface area contributed by atoms with E-state index in [-0.39, 0.29) is 13.2 Å². The summed E-state index contributed by atoms with van der Waals surface area (Å²) < 4.78 is 11.3. The zero-order valence-electron chi connectivity index (χ0n) is 26.7. The number of benzene rings is 4. The molecule has 48 heavy (non-hydrogen) atoms. The molecule has 1 aliphatic heterocycles. The number of nitrogens with zero attached hydrogens (tertiary/aromatic N) is 6. The number of anilines is 2. The van der Waals surface area contributed by atoms with Crippen LogP contribution in [0.5, 0.6) is 11.5 Å². The highest BCUT2D eigenvalue weighted by Crippen LogP contribution is 2.33. The monoisotopic (exact) mass is 690 g/mol. The highest BCUT2D eigenvalue weighted by Gasteiger charge is 2.17. The van der Waals surface area contributed by atoms with Gasteiger partial charge in [0.25, 0.3) is 0 Å². The fraction of sp³-hybridized carbons (Fsp3) is 0.333. The molecule has 252 valence electrons. The van der Waals surface area contributed by atoms with Crippen LogP contribution in [-0.4, -0.2) is 62.8 Å². The van der Waals surface area contributed by atoms with Gasteiger partial charge >= 0.3 is 0 Å². The number of aliphatic hydroxyl groups is 2. The molecule has 0 spiro atoms. The lowest BCUT2D eigenvalue weighted by atomic mass is 10.2. The lowest BCUT2D eigenvalue weighted by Crippen LogP contribution is -2.46. The van der Waals surface area contributed by atoms with E-state index in [0.717, 1.165) is 61.8 Å². The molecule has 4 aromatic carbocycles. The Morgan fingerprint density at radius 2 is 0.917 bits per heavy atom. The van der Waals surface area contributed by atoms with E-state index in [1.807, 2.05) is 36.4 Å². The topological polar surface area (TPSA) is 115 Å². The Kier molecular flexibility index (Phi) is 13.4. The van der Waals surface area contributed by atoms with Crippen LogP contribution in [0, 0.1) is 0 Å². The van der Waals surface area contributed by atoms with E-state index in [4.69, 9.17) is 42.9 Å². The van der Waals surface area contributed by atoms with Gasteiger partial charge in [-0.25, -0.2) is 0 Å². The second kappa shape index (κ2) is 18.4. The summed E-state index contributed by atoms with van der Waals surface area (Å²) in [6.07, 6.45) is 2.98. The van der Waals surface area contributed by atoms with Crippen LogP contribution in [0.1, 0.15) is 25.7 Å². The third-order valence-electron chi connectivity index (χ3n) is 7.74. The first-order valence-corrected chi connectivity index (χ1v) is 16.9. The molecule has 5 rings (SSSR count). The molecule has 1 heterocycles. The van der Waals surface area contributed by atoms with Gasteiger partial charge in [-0.2, -0.15) is 10.2 Å². The van der Waals surface area contributed by atoms with E-state index >= 15 is 0 Å². The van der Waals surface area contributed by atoms with E-state index in [2.05, 4.69) is 54.5 Å². The van der Waals surface area contributed by atoms with Crippen LogP contribution in [0.2, 0.25) is 10.0 Å². The van der Waals surface area contributed by atoms with Gasteiger partial charge in [0, 0.05) is 62.9 Å². The Hall–Kier alpha value is -4.22. The third kappa shape index (κ3) is 10.4. The normalized spacial score (nSPS) is 13.5. The molecule has 0 atom stereocenters. The van der Waals surface area contributed by atoms with Gasteiger partial charge in [-0.3, -0.25) is 0 Å². The number of halogens is 2. The maximum absolute atomic E-state index is 8.89. The Labute approximate surface area is 291 Å². The Morgan fingerprint density at radius 1 is 0.521 bits per heavy atom. The summed E-state index contributed by atoms with van der Waals surface area (Å²) >= 11 is 12.8. The standard InChI is InChI=1S/C36H40Cl2N6O4/c37-33-25-31(47-23-3-1-21-45)13-15-35(33)41-39-27-5-9-29(10-6-27)43-17-19-44(20-18-43)30-11-7-28(8-12-30)40-42-36-16-14-32(26-34(36)38)48-24-4-2-22-46/h5-16,25-26,45-46H,1-4,17-24H2/b41-39+,42-40+. The minimum atomic E-state index is 0.160. The molecule has 0 aromatic heterocycles. The van der Waals surface area contributed by atoms with E-state index in [1.54, 1.807) is 24.3 Å². The van der Waals surface area contributed by atoms with Crippen LogP contribution in [0.3, 0.4) is 0 Å². The molecule has 0 radical (unpaired) electrons. The largest absolute Gasteiger partial charge is 0.494 e. The van der Waals surface area contributed by atoms with E-state index in [9.17, 15) is 0 Å². The molecular weight excluding hydrogens is 651 g/mol. The van der Waals surface area contributed by atoms with E-state index in [1.165, 1.54) is 0 Å². The lowest BCUT2D eigenvalue weighted by molar-refractivity contribution is 0.253. The van der Waals surface area contributed by atoms with Crippen molar-refractivity contribution in [2.45, 2.75) is 25.7 Å². The Morgan fingerprint density at radius 3 is 1.27 bits per heavy atom. The van der Waals surface area contributed by atoms with Gasteiger partial charge in [0.1, 0.15) is 22.9 Å². The van der Waals surface area contributed by atoms with Crippen molar-refractivity contribution >= 4 is 57.3 Å². The molecule has 12 heteroatoms. The maximum atomic E-state index is 8.89. The van der Waals surface area contributed by atoms with Gasteiger partial charge in [0.2, 0.25) is 0 Å². The predicted molar refractivity (Wildman–Crippen MR) is 192 cm³/mol. The SMILES string of the molecule is OCCCCOc1ccc(/N=N/c2ccc(N3CCN(c4ccc(/N=N/c5ccc(OCCCCO)cc5Cl)cc4)CC3)cc2)c(Cl)c1. The summed E-state index contributed by atoms with van der Waals surface area (Å²) in [5.74, 6) is 1.34. The zero-order chi connectivity index (χ0) is 33.6. The fourth-order valence-electron chi connectivity index (χ4n) is 5.03. The average molecular weight is 692 g/mol. The van der Waals surface area contributed by atoms with Gasteiger partial charge in [-0.1, -0.05) is 23.2 Å². The highest BCUT2D eigenvalue weighted by atomic mass is 35.5. The number of hydrogen-bond donors (Lipinski definition) is 2. The van der Waals surface area contributed by atoms with Gasteiger partial charge in [-0.05, 0) is 98.5 Å². The smallest absolute Gasteiger partial charge is 0.120 e. The summed E-state index contributed by atoms with van der Waals surface area (Å²) in [5.41, 5.74) is 4.92. The number of hydrogen-bond acceptors (Lipinski definition) is 10. The first-order valence-electron chi connectivity index (χ1n) is 16.1. The van der Waals surface area contributed by atoms with Crippen molar-refractivity contribution in [3.63, 3.8) is 0 Å². The Balaban J connectivity index is 1.08. The molecule has 1 aliphatic rings. The van der Waals surface area contributed by atoms with Gasteiger partial charge in [0.05, 0.1) is 34.6 Å². The van der Waals surface area contributed by atoms with Crippen molar-refractivity contribution in [2.24, 2.45) is 20.5 Å². The number of unbranched alkanes of at least 4 members (excludes halogenated alkanes) is 2. The molecule has 10 nitrogen and oxygen atoms in total. The van der Waals surface area contributed by atoms with Gasteiger partial charge in [0.15, 0.2) is 0 Å². The van der Waals surface area contributed by atoms with Crippen molar-refractivity contribution in [3.05, 3.63) is 95.0 Å². The summed E-state index contributed by atoms with van der Waals surface area (Å²) in [6.45, 7) is 4.95. The highest BCUT2D eigenvalue weighted by molar-refractivity contribution is 6.33. The van der Waals surface area contributed by atoms with Crippen LogP contribution in [0.15, 0.2) is 105 Å². The van der Waals surface area contributed by atoms with Crippen LogP contribution in [0.4, 0.5) is 34.1 Å². The number of aliphatic hydroxyl groups excluding tert-OH is 2. The summed E-state index contributed by atoms with van der Waals surface area (Å²) in [5, 5.41) is 36.1. The fourth-order valence-corrected chi connectivity index (χ4v) is 5.45. The minimum Gasteiger partial charge on any atom is -0.494 e. The zero-order valence-corrected chi connectivity index (χ0v) is 28.2. The first kappa shape index (κ1) is 35.1. The van der Waals surface area contributed by atoms with Crippen LogP contribution >= 0.6 is 23.2 Å². The van der Waals surface area contributed by atoms with Gasteiger partial charge in [-0.15, -0.1) is 10.2 Å². The minimum absolute atomic E-state index is 0.160. The van der Waals surface area contributed by atoms with E-state index in [0.29, 0.717) is 59.0 Å². The number of rotatable bonds is 16. The third-order valence-corrected chi connectivity index (χ3v) is 8.34. The predicted octanol–water partition coefficient (Wildman–Crippen LogP) is 9.45. The van der Waals surface area contributed by atoms with Crippen molar-refractivity contribution < 1.29 is 19.7 Å². The Bertz CT molecular complexity index is 1520. The van der Waals surface area contributed by atoms with Crippen LogP contribution < -0.4 is 19.3 Å². The lowest BCUT2D eigenvalue weighted by Gasteiger charge is -2.37. The molecule has 1 fully saturated rings. The van der Waals surface area contributed by atoms with E-state index < -0.39 is 0 Å². The molecule has 0 saturated carbocycles. The maximum Gasteiger partial charge on any atom is 0.120 e. The van der Waals surface area contributed by atoms with Gasteiger partial charge < -0.3 is 29.5 Å². The summed E-state index contributed by atoms with van der Waals surface area (Å²) in [6, 6.07) is 26.8. The molecule has 0 unspecified atom stereocenters. The van der Waals surface area contributed by atoms with Crippen molar-refractivity contribution in [1.82, 2.24) is 0 Å². The van der Waals surface area contributed by atoms with Crippen molar-refractivity contribution in [1.29, 1.82) is 0 Å². The van der Waals surface area contributed by atoms with Crippen molar-refractivity contribution in [2.75, 3.05) is 62.4 Å².